The van der Waals surface area contributed by atoms with Crippen LogP contribution >= 0.6 is 22.9 Å². The van der Waals surface area contributed by atoms with Crippen molar-refractivity contribution in [2.24, 2.45) is 5.14 Å². The summed E-state index contributed by atoms with van der Waals surface area (Å²) in [5.41, 5.74) is 0.317. The quantitative estimate of drug-likeness (QED) is 0.636. The van der Waals surface area contributed by atoms with Gasteiger partial charge in [0.1, 0.15) is 4.21 Å². The lowest BCUT2D eigenvalue weighted by Crippen LogP contribution is -2.50. The number of carbonyl (C=O) groups excluding carboxylic acids is 1. The first kappa shape index (κ1) is 22.2. The number of anilines is 1. The number of benzene rings is 1. The third-order valence-electron chi connectivity index (χ3n) is 4.29. The van der Waals surface area contributed by atoms with Crippen molar-refractivity contribution in [2.75, 3.05) is 38.0 Å². The summed E-state index contributed by atoms with van der Waals surface area (Å²) >= 11 is 6.84. The van der Waals surface area contributed by atoms with Gasteiger partial charge >= 0.3 is 0 Å². The Kier molecular flexibility index (Phi) is 6.63. The maximum atomic E-state index is 12.6. The minimum Gasteiger partial charge on any atom is -0.325 e. The van der Waals surface area contributed by atoms with Gasteiger partial charge in [0.25, 0.3) is 10.0 Å². The van der Waals surface area contributed by atoms with E-state index in [-0.39, 0.29) is 34.6 Å². The van der Waals surface area contributed by atoms with Crippen LogP contribution in [0.15, 0.2) is 45.5 Å². The van der Waals surface area contributed by atoms with E-state index in [1.807, 2.05) is 4.90 Å². The number of rotatable bonds is 6. The minimum absolute atomic E-state index is 0.0539. The van der Waals surface area contributed by atoms with Crippen LogP contribution in [0.4, 0.5) is 5.69 Å². The second-order valence-electron chi connectivity index (χ2n) is 6.36. The van der Waals surface area contributed by atoms with Crippen molar-refractivity contribution in [3.8, 4) is 0 Å². The molecule has 0 atom stereocenters. The van der Waals surface area contributed by atoms with Gasteiger partial charge in [-0.15, -0.1) is 11.3 Å². The molecule has 3 rings (SSSR count). The van der Waals surface area contributed by atoms with Crippen LogP contribution in [-0.2, 0) is 24.8 Å². The fourth-order valence-corrected chi connectivity index (χ4v) is 6.46. The number of nitrogens with zero attached hydrogens (tertiary/aromatic N) is 2. The smallest absolute Gasteiger partial charge is 0.252 e. The Morgan fingerprint density at radius 1 is 1.10 bits per heavy atom. The zero-order chi connectivity index (χ0) is 21.2. The number of nitrogens with two attached hydrogens (primary N) is 1. The van der Waals surface area contributed by atoms with Crippen molar-refractivity contribution in [3.63, 3.8) is 0 Å². The summed E-state index contributed by atoms with van der Waals surface area (Å²) in [7, 11) is -7.45. The molecule has 1 aliphatic heterocycles. The van der Waals surface area contributed by atoms with Crippen molar-refractivity contribution in [2.45, 2.75) is 9.10 Å². The van der Waals surface area contributed by atoms with Gasteiger partial charge in [-0.05, 0) is 30.3 Å². The predicted molar refractivity (Wildman–Crippen MR) is 111 cm³/mol. The first-order valence-electron chi connectivity index (χ1n) is 8.46. The Balaban J connectivity index is 1.55. The number of amides is 1. The molecular weight excluding hydrogens is 460 g/mol. The molecule has 2 heterocycles. The number of halogens is 1. The number of carbonyl (C=O) groups is 1. The van der Waals surface area contributed by atoms with Crippen molar-refractivity contribution in [3.05, 3.63) is 40.7 Å². The minimum atomic E-state index is -3.86. The van der Waals surface area contributed by atoms with Gasteiger partial charge in [0.05, 0.1) is 15.8 Å². The van der Waals surface area contributed by atoms with E-state index in [2.05, 4.69) is 5.32 Å². The fraction of sp³-hybridized carbons (Fsp3) is 0.312. The molecule has 0 unspecified atom stereocenters. The Morgan fingerprint density at radius 3 is 2.38 bits per heavy atom. The second-order valence-corrected chi connectivity index (χ2v) is 11.8. The standard InChI is InChI=1S/C16H19ClN4O5S3/c17-14-4-5-16(27-14)29(25,26)21-8-6-20(7-9-21)11-15(22)19-12-2-1-3-13(10-12)28(18,23)24/h1-5,10H,6-9,11H2,(H,19,22)(H2,18,23,24). The van der Waals surface area contributed by atoms with Crippen LogP contribution in [0.3, 0.4) is 0 Å². The molecule has 0 bridgehead atoms. The highest BCUT2D eigenvalue weighted by Crippen LogP contribution is 2.28. The van der Waals surface area contributed by atoms with E-state index in [0.29, 0.717) is 23.1 Å². The summed E-state index contributed by atoms with van der Waals surface area (Å²) in [5.74, 6) is -0.335. The molecule has 1 aromatic heterocycles. The average molecular weight is 479 g/mol. The molecule has 0 saturated carbocycles. The van der Waals surface area contributed by atoms with Gasteiger partial charge in [-0.3, -0.25) is 9.69 Å². The summed E-state index contributed by atoms with van der Waals surface area (Å²) < 4.78 is 50.0. The van der Waals surface area contributed by atoms with Crippen LogP contribution in [0, 0.1) is 0 Å². The maximum absolute atomic E-state index is 12.6. The topological polar surface area (TPSA) is 130 Å². The summed E-state index contributed by atoms with van der Waals surface area (Å²) in [6.07, 6.45) is 0. The molecular formula is C16H19ClN4O5S3. The SMILES string of the molecule is NS(=O)(=O)c1cccc(NC(=O)CN2CCN(S(=O)(=O)c3ccc(Cl)s3)CC2)c1. The van der Waals surface area contributed by atoms with Crippen LogP contribution < -0.4 is 10.5 Å². The van der Waals surface area contributed by atoms with Crippen LogP contribution in [0.2, 0.25) is 4.34 Å². The van der Waals surface area contributed by atoms with E-state index in [4.69, 9.17) is 16.7 Å². The first-order valence-corrected chi connectivity index (χ1v) is 12.6. The van der Waals surface area contributed by atoms with E-state index in [0.717, 1.165) is 11.3 Å². The van der Waals surface area contributed by atoms with E-state index in [1.54, 1.807) is 12.1 Å². The zero-order valence-electron chi connectivity index (χ0n) is 15.1. The lowest BCUT2D eigenvalue weighted by Gasteiger charge is -2.33. The van der Waals surface area contributed by atoms with Gasteiger partial charge in [0, 0.05) is 31.9 Å². The Labute approximate surface area is 178 Å². The Bertz CT molecular complexity index is 1110. The van der Waals surface area contributed by atoms with Gasteiger partial charge in [0.15, 0.2) is 0 Å². The molecule has 13 heteroatoms. The number of primary sulfonamides is 1. The number of hydrogen-bond donors (Lipinski definition) is 2. The number of hydrogen-bond acceptors (Lipinski definition) is 7. The summed E-state index contributed by atoms with van der Waals surface area (Å²) in [6, 6.07) is 8.69. The predicted octanol–water partition coefficient (Wildman–Crippen LogP) is 0.994. The van der Waals surface area contributed by atoms with E-state index >= 15 is 0 Å². The highest BCUT2D eigenvalue weighted by Gasteiger charge is 2.30. The number of sulfonamides is 2. The molecule has 1 amide bonds. The third-order valence-corrected chi connectivity index (χ3v) is 8.80. The van der Waals surface area contributed by atoms with Gasteiger partial charge in [0.2, 0.25) is 15.9 Å². The van der Waals surface area contributed by atoms with Crippen molar-refractivity contribution >= 4 is 54.6 Å². The fourth-order valence-electron chi connectivity index (χ4n) is 2.85. The molecule has 2 aromatic rings. The molecule has 0 radical (unpaired) electrons. The number of nitrogens with one attached hydrogen (secondary N) is 1. The molecule has 0 aliphatic carbocycles. The monoisotopic (exact) mass is 478 g/mol. The third kappa shape index (κ3) is 5.54. The van der Waals surface area contributed by atoms with Crippen LogP contribution in [-0.4, -0.2) is 64.7 Å². The van der Waals surface area contributed by atoms with E-state index in [1.165, 1.54) is 28.6 Å². The largest absolute Gasteiger partial charge is 0.325 e. The summed E-state index contributed by atoms with van der Waals surface area (Å²) in [5, 5.41) is 7.71. The molecule has 29 heavy (non-hydrogen) atoms. The van der Waals surface area contributed by atoms with Crippen molar-refractivity contribution in [1.82, 2.24) is 9.21 Å². The van der Waals surface area contributed by atoms with E-state index < -0.39 is 20.0 Å². The number of piperazine rings is 1. The Morgan fingerprint density at radius 2 is 1.79 bits per heavy atom. The molecule has 9 nitrogen and oxygen atoms in total. The molecule has 1 aliphatic rings. The van der Waals surface area contributed by atoms with Gasteiger partial charge in [-0.1, -0.05) is 17.7 Å². The van der Waals surface area contributed by atoms with Crippen LogP contribution in [0.1, 0.15) is 0 Å². The average Bonchev–Trinajstić information content (AvgIpc) is 3.09. The Hall–Kier alpha value is -1.54. The first-order chi connectivity index (χ1) is 13.6. The van der Waals surface area contributed by atoms with Crippen molar-refractivity contribution < 1.29 is 21.6 Å². The molecule has 1 aromatic carbocycles. The lowest BCUT2D eigenvalue weighted by molar-refractivity contribution is -0.117. The highest BCUT2D eigenvalue weighted by atomic mass is 35.5. The zero-order valence-corrected chi connectivity index (χ0v) is 18.3. The van der Waals surface area contributed by atoms with E-state index in [9.17, 15) is 21.6 Å². The van der Waals surface area contributed by atoms with Crippen molar-refractivity contribution in [1.29, 1.82) is 0 Å². The normalized spacial score (nSPS) is 16.6. The molecule has 1 fully saturated rings. The molecule has 1 saturated heterocycles. The van der Waals surface area contributed by atoms with Gasteiger partial charge < -0.3 is 5.32 Å². The highest BCUT2D eigenvalue weighted by molar-refractivity contribution is 7.91. The molecule has 158 valence electrons. The summed E-state index contributed by atoms with van der Waals surface area (Å²) in [6.45, 7) is 1.35. The molecule has 3 N–H and O–H groups in total. The van der Waals surface area contributed by atoms with Gasteiger partial charge in [-0.2, -0.15) is 4.31 Å². The maximum Gasteiger partial charge on any atom is 0.252 e. The van der Waals surface area contributed by atoms with Crippen LogP contribution in [0.25, 0.3) is 0 Å². The van der Waals surface area contributed by atoms with Crippen LogP contribution in [0.5, 0.6) is 0 Å². The molecule has 0 spiro atoms. The summed E-state index contributed by atoms with van der Waals surface area (Å²) in [4.78, 5) is 14.0. The number of thiophene rings is 1. The van der Waals surface area contributed by atoms with Gasteiger partial charge in [-0.25, -0.2) is 22.0 Å². The lowest BCUT2D eigenvalue weighted by atomic mass is 10.3. The second kappa shape index (κ2) is 8.68.